The maximum atomic E-state index is 13.7. The molecule has 1 saturated heterocycles. The molecular weight excluding hydrogens is 454 g/mol. The number of imide groups is 1. The molecule has 2 rings (SSSR count). The predicted molar refractivity (Wildman–Crippen MR) is 119 cm³/mol. The molecule has 2 atom stereocenters. The lowest BCUT2D eigenvalue weighted by atomic mass is 10.0. The predicted octanol–water partition coefficient (Wildman–Crippen LogP) is 1.99. The molecule has 10 nitrogen and oxygen atoms in total. The van der Waals surface area contributed by atoms with Crippen LogP contribution in [0, 0.1) is 5.92 Å². The number of carbonyl (C=O) groups excluding carboxylic acids is 4. The van der Waals surface area contributed by atoms with Gasteiger partial charge in [0.25, 0.3) is 5.91 Å². The number of likely N-dealkylation sites (tertiary alicyclic amines) is 1. The number of nitrogens with zero attached hydrogens (tertiary/aromatic N) is 1. The van der Waals surface area contributed by atoms with Gasteiger partial charge >= 0.3 is 17.9 Å². The summed E-state index contributed by atoms with van der Waals surface area (Å²) in [7, 11) is 1.42. The second-order valence-corrected chi connectivity index (χ2v) is 8.65. The van der Waals surface area contributed by atoms with Crippen LogP contribution in [-0.4, -0.2) is 72.0 Å². The van der Waals surface area contributed by atoms with Crippen molar-refractivity contribution < 1.29 is 38.3 Å². The van der Waals surface area contributed by atoms with E-state index in [4.69, 9.17) is 21.4 Å². The van der Waals surface area contributed by atoms with Crippen molar-refractivity contribution in [2.75, 3.05) is 20.2 Å². The number of benzene rings is 1. The lowest BCUT2D eigenvalue weighted by Gasteiger charge is -2.33. The van der Waals surface area contributed by atoms with Gasteiger partial charge in [0, 0.05) is 12.8 Å². The molecule has 0 saturated carbocycles. The minimum absolute atomic E-state index is 0.0952. The zero-order valence-corrected chi connectivity index (χ0v) is 19.6. The highest BCUT2D eigenvalue weighted by atomic mass is 35.5. The largest absolute Gasteiger partial charge is 0.495 e. The molecule has 1 heterocycles. The average molecular weight is 483 g/mol. The number of urea groups is 1. The van der Waals surface area contributed by atoms with Crippen LogP contribution >= 0.6 is 11.6 Å². The van der Waals surface area contributed by atoms with Crippen LogP contribution in [0.25, 0.3) is 0 Å². The summed E-state index contributed by atoms with van der Waals surface area (Å²) in [5.41, 5.74) is 0.120. The molecule has 0 spiro atoms. The molecule has 33 heavy (non-hydrogen) atoms. The summed E-state index contributed by atoms with van der Waals surface area (Å²) in [5, 5.41) is 14.1. The average Bonchev–Trinajstić information content (AvgIpc) is 3.27. The van der Waals surface area contributed by atoms with Crippen LogP contribution in [0.15, 0.2) is 18.2 Å². The molecule has 11 heteroatoms. The lowest BCUT2D eigenvalue weighted by molar-refractivity contribution is -0.761. The smallest absolute Gasteiger partial charge is 0.424 e. The van der Waals surface area contributed by atoms with Crippen LogP contribution in [0.5, 0.6) is 5.75 Å². The Morgan fingerprint density at radius 3 is 2.33 bits per heavy atom. The van der Waals surface area contributed by atoms with Crippen molar-refractivity contribution >= 4 is 41.7 Å². The number of carboxylic acid groups (broad SMARTS) is 1. The Morgan fingerprint density at radius 2 is 1.82 bits per heavy atom. The lowest BCUT2D eigenvalue weighted by Crippen LogP contribution is -2.66. The fourth-order valence-electron chi connectivity index (χ4n) is 3.84. The van der Waals surface area contributed by atoms with Crippen molar-refractivity contribution in [3.63, 3.8) is 0 Å². The first-order valence-electron chi connectivity index (χ1n) is 10.6. The number of rotatable bonds is 9. The summed E-state index contributed by atoms with van der Waals surface area (Å²) < 4.78 is 4.51. The van der Waals surface area contributed by atoms with Crippen molar-refractivity contribution in [1.29, 1.82) is 0 Å². The van der Waals surface area contributed by atoms with Crippen molar-refractivity contribution in [1.82, 2.24) is 10.6 Å². The summed E-state index contributed by atoms with van der Waals surface area (Å²) in [6.45, 7) is 3.84. The topological polar surface area (TPSA) is 139 Å². The van der Waals surface area contributed by atoms with Gasteiger partial charge in [-0.25, -0.2) is 9.59 Å². The van der Waals surface area contributed by atoms with E-state index in [1.165, 1.54) is 13.2 Å². The Balaban J connectivity index is 2.31. The molecule has 180 valence electrons. The monoisotopic (exact) mass is 482 g/mol. The number of halogens is 1. The summed E-state index contributed by atoms with van der Waals surface area (Å²) in [4.78, 5) is 61.9. The minimum atomic E-state index is -1.26. The van der Waals surface area contributed by atoms with E-state index in [0.29, 0.717) is 24.9 Å². The summed E-state index contributed by atoms with van der Waals surface area (Å²) in [5.74, 6) is -2.45. The van der Waals surface area contributed by atoms with Crippen molar-refractivity contribution in [2.45, 2.75) is 45.2 Å². The highest BCUT2D eigenvalue weighted by Crippen LogP contribution is 2.29. The van der Waals surface area contributed by atoms with Gasteiger partial charge in [-0.05, 0) is 18.1 Å². The first-order chi connectivity index (χ1) is 15.6. The van der Waals surface area contributed by atoms with Crippen LogP contribution in [0.1, 0.15) is 43.5 Å². The molecule has 1 fully saturated rings. The number of amides is 4. The quantitative estimate of drug-likeness (QED) is 0.361. The van der Waals surface area contributed by atoms with Gasteiger partial charge < -0.3 is 20.0 Å². The van der Waals surface area contributed by atoms with Gasteiger partial charge in [-0.1, -0.05) is 31.5 Å². The van der Waals surface area contributed by atoms with E-state index in [9.17, 15) is 24.0 Å². The number of ether oxygens (including phenoxy) is 1. The Bertz CT molecular complexity index is 929. The number of carbonyl (C=O) groups is 5. The molecule has 0 unspecified atom stereocenters. The van der Waals surface area contributed by atoms with Gasteiger partial charge in [-0.15, -0.1) is 0 Å². The molecule has 0 radical (unpaired) electrons. The Kier molecular flexibility index (Phi) is 8.95. The van der Waals surface area contributed by atoms with Gasteiger partial charge in [-0.3, -0.25) is 14.9 Å². The van der Waals surface area contributed by atoms with Crippen LogP contribution in [-0.2, 0) is 14.4 Å². The standard InChI is InChI=1S/C22H28ClN3O7/c1-13(2)19(25-20(30)15-7-6-8-16(33-3)18(15)23)21(31)26(9-4-5-10-26)22(32)24-14(12-27)11-17(28)29/h6-8,12-14,19H,4-5,9-11H2,1-3H3,(H2-,24,25,28,29,30,32)/p+1/t14-,19-/m0/s1. The summed E-state index contributed by atoms with van der Waals surface area (Å²) >= 11 is 6.25. The second-order valence-electron chi connectivity index (χ2n) is 8.27. The number of quaternary nitrogens is 1. The Hall–Kier alpha value is -2.98. The van der Waals surface area contributed by atoms with E-state index >= 15 is 0 Å². The van der Waals surface area contributed by atoms with E-state index < -0.39 is 46.8 Å². The zero-order valence-electron chi connectivity index (χ0n) is 18.8. The molecule has 3 N–H and O–H groups in total. The maximum absolute atomic E-state index is 13.7. The van der Waals surface area contributed by atoms with Gasteiger partial charge in [0.1, 0.15) is 24.1 Å². The molecule has 1 aromatic carbocycles. The third kappa shape index (κ3) is 5.88. The number of carboxylic acids is 1. The first-order valence-corrected chi connectivity index (χ1v) is 11.0. The number of hydrogen-bond acceptors (Lipinski definition) is 6. The van der Waals surface area contributed by atoms with E-state index in [0.717, 1.165) is 0 Å². The molecule has 1 aliphatic rings. The van der Waals surface area contributed by atoms with E-state index in [2.05, 4.69) is 10.6 Å². The molecular formula is C22H29ClN3O7+. The normalized spacial score (nSPS) is 16.5. The van der Waals surface area contributed by atoms with Gasteiger partial charge in [0.15, 0.2) is 0 Å². The molecule has 0 aliphatic carbocycles. The highest BCUT2D eigenvalue weighted by molar-refractivity contribution is 6.35. The second kappa shape index (κ2) is 11.2. The molecule has 1 aliphatic heterocycles. The zero-order chi connectivity index (χ0) is 24.8. The molecule has 4 amide bonds. The number of nitrogens with one attached hydrogen (secondary N) is 2. The van der Waals surface area contributed by atoms with Crippen LogP contribution in [0.3, 0.4) is 0 Å². The van der Waals surface area contributed by atoms with Gasteiger partial charge in [0.2, 0.25) is 0 Å². The van der Waals surface area contributed by atoms with Crippen LogP contribution in [0.4, 0.5) is 4.79 Å². The maximum Gasteiger partial charge on any atom is 0.424 e. The number of hydrogen-bond donors (Lipinski definition) is 3. The van der Waals surface area contributed by atoms with Crippen LogP contribution in [0.2, 0.25) is 5.02 Å². The van der Waals surface area contributed by atoms with Gasteiger partial charge in [0.05, 0.1) is 37.2 Å². The third-order valence-electron chi connectivity index (χ3n) is 5.66. The fourth-order valence-corrected chi connectivity index (χ4v) is 4.13. The van der Waals surface area contributed by atoms with E-state index in [1.807, 2.05) is 0 Å². The molecule has 0 aromatic heterocycles. The fraction of sp³-hybridized carbons (Fsp3) is 0.500. The summed E-state index contributed by atoms with van der Waals surface area (Å²) in [6, 6.07) is 1.64. The van der Waals surface area contributed by atoms with Crippen molar-refractivity contribution in [3.05, 3.63) is 28.8 Å². The van der Waals surface area contributed by atoms with Crippen molar-refractivity contribution in [3.8, 4) is 5.75 Å². The number of methoxy groups -OCH3 is 1. The minimum Gasteiger partial charge on any atom is -0.495 e. The first kappa shape index (κ1) is 26.3. The number of aliphatic carboxylic acids is 1. The molecule has 0 bridgehead atoms. The summed E-state index contributed by atoms with van der Waals surface area (Å²) in [6.07, 6.45) is 0.909. The highest BCUT2D eigenvalue weighted by Gasteiger charge is 2.51. The Morgan fingerprint density at radius 1 is 1.18 bits per heavy atom. The SMILES string of the molecule is COc1cccc(C(=O)N[C@H](C(=O)[N+]2(C(=O)N[C@H](C=O)CC(=O)O)CCCC2)C(C)C)c1Cl. The van der Waals surface area contributed by atoms with Crippen LogP contribution < -0.4 is 15.4 Å². The number of aldehydes is 1. The van der Waals surface area contributed by atoms with Crippen molar-refractivity contribution in [2.24, 2.45) is 5.92 Å². The van der Waals surface area contributed by atoms with E-state index in [-0.39, 0.29) is 29.6 Å². The Labute approximate surface area is 196 Å². The molecule has 1 aromatic rings. The van der Waals surface area contributed by atoms with E-state index in [1.54, 1.807) is 26.0 Å². The van der Waals surface area contributed by atoms with Gasteiger partial charge in [-0.2, -0.15) is 4.48 Å². The third-order valence-corrected chi connectivity index (χ3v) is 6.04.